The largest absolute Gasteiger partial charge is 0.492 e. The monoisotopic (exact) mass is 293 g/mol. The van der Waals surface area contributed by atoms with E-state index in [-0.39, 0.29) is 12.7 Å². The number of ether oxygens (including phenoxy) is 1. The van der Waals surface area contributed by atoms with Crippen LogP contribution >= 0.6 is 10.2 Å². The third-order valence-corrected chi connectivity index (χ3v) is 3.00. The van der Waals surface area contributed by atoms with Crippen LogP contribution in [0.25, 0.3) is 0 Å². The molecule has 0 saturated carbocycles. The molecule has 10 heteroatoms. The maximum atomic E-state index is 12.7. The number of benzene rings is 1. The van der Waals surface area contributed by atoms with Gasteiger partial charge in [0.1, 0.15) is 5.75 Å². The molecule has 0 amide bonds. The van der Waals surface area contributed by atoms with E-state index in [1.165, 1.54) is 6.92 Å². The molecule has 0 aromatic heterocycles. The Morgan fingerprint density at radius 3 is 2.22 bits per heavy atom. The Morgan fingerprint density at radius 2 is 1.83 bits per heavy atom. The summed E-state index contributed by atoms with van der Waals surface area (Å²) in [6, 6.07) is 0.958. The van der Waals surface area contributed by atoms with Gasteiger partial charge in [0.25, 0.3) is 5.69 Å². The van der Waals surface area contributed by atoms with Gasteiger partial charge < -0.3 is 4.74 Å². The summed E-state index contributed by atoms with van der Waals surface area (Å²) in [7, 11) is -10.0. The Kier molecular flexibility index (Phi) is 2.79. The van der Waals surface area contributed by atoms with Crippen molar-refractivity contribution in [2.24, 2.45) is 0 Å². The number of nitro groups is 1. The molecule has 1 aromatic rings. The van der Waals surface area contributed by atoms with Crippen LogP contribution in [0.1, 0.15) is 6.92 Å². The highest BCUT2D eigenvalue weighted by Crippen LogP contribution is 3.03. The van der Waals surface area contributed by atoms with Gasteiger partial charge in [-0.1, -0.05) is 19.4 Å². The first-order chi connectivity index (χ1) is 7.85. The van der Waals surface area contributed by atoms with Crippen molar-refractivity contribution in [1.82, 2.24) is 0 Å². The number of non-ortho nitro benzene ring substituents is 1. The Hall–Kier alpha value is -1.58. The minimum atomic E-state index is -10.0. The quantitative estimate of drug-likeness (QED) is 0.461. The van der Waals surface area contributed by atoms with Crippen molar-refractivity contribution in [1.29, 1.82) is 0 Å². The third kappa shape index (κ3) is 3.22. The third-order valence-electron chi connectivity index (χ3n) is 1.85. The van der Waals surface area contributed by atoms with Crippen LogP contribution in [0.4, 0.5) is 25.1 Å². The van der Waals surface area contributed by atoms with Gasteiger partial charge in [-0.2, -0.15) is 0 Å². The van der Waals surface area contributed by atoms with E-state index in [0.717, 1.165) is 0 Å². The van der Waals surface area contributed by atoms with E-state index in [9.17, 15) is 29.5 Å². The van der Waals surface area contributed by atoms with Gasteiger partial charge >= 0.3 is 10.2 Å². The molecule has 4 nitrogen and oxygen atoms in total. The molecular formula is C8H8F5NO3S. The maximum absolute atomic E-state index is 12.7. The Morgan fingerprint density at radius 1 is 1.28 bits per heavy atom. The maximum Gasteiger partial charge on any atom is 0.314 e. The van der Waals surface area contributed by atoms with Crippen molar-refractivity contribution in [2.45, 2.75) is 11.8 Å². The fraction of sp³-hybridized carbons (Fsp3) is 0.250. The summed E-state index contributed by atoms with van der Waals surface area (Å²) in [5, 5.41) is 10.3. The van der Waals surface area contributed by atoms with Crippen LogP contribution in [-0.2, 0) is 0 Å². The summed E-state index contributed by atoms with van der Waals surface area (Å²) >= 11 is 0. The van der Waals surface area contributed by atoms with Gasteiger partial charge in [0, 0.05) is 12.1 Å². The highest BCUT2D eigenvalue weighted by atomic mass is 32.5. The van der Waals surface area contributed by atoms with Crippen LogP contribution < -0.4 is 4.74 Å². The molecule has 0 bridgehead atoms. The van der Waals surface area contributed by atoms with Crippen LogP contribution in [0.3, 0.4) is 0 Å². The summed E-state index contributed by atoms with van der Waals surface area (Å²) in [6.07, 6.45) is 0. The number of nitro benzene ring substituents is 1. The lowest BCUT2D eigenvalue weighted by molar-refractivity contribution is -0.385. The normalized spacial score (nSPS) is 15.7. The van der Waals surface area contributed by atoms with Gasteiger partial charge in [-0.25, -0.2) is 0 Å². The smallest absolute Gasteiger partial charge is 0.314 e. The highest BCUT2D eigenvalue weighted by Gasteiger charge is 2.67. The first kappa shape index (κ1) is 14.5. The van der Waals surface area contributed by atoms with Crippen LogP contribution in [0.15, 0.2) is 23.1 Å². The van der Waals surface area contributed by atoms with E-state index < -0.39 is 31.5 Å². The fourth-order valence-corrected chi connectivity index (χ4v) is 2.04. The van der Waals surface area contributed by atoms with Crippen molar-refractivity contribution in [2.75, 3.05) is 6.61 Å². The second-order valence-corrected chi connectivity index (χ2v) is 5.67. The van der Waals surface area contributed by atoms with Gasteiger partial charge in [-0.15, -0.1) is 0 Å². The van der Waals surface area contributed by atoms with E-state index in [1.54, 1.807) is 0 Å². The molecule has 0 aliphatic carbocycles. The number of hydrogen-bond acceptors (Lipinski definition) is 3. The zero-order valence-electron chi connectivity index (χ0n) is 8.91. The molecule has 0 radical (unpaired) electrons. The standard InChI is InChI=1S/C8H8F5NO3S/c1-2-17-7-4-3-6(14(15)16)5-8(7)18(9,10,11,12)13/h3-5H,2H2,1H3. The lowest BCUT2D eigenvalue weighted by atomic mass is 10.3. The minimum absolute atomic E-state index is 0.216. The Bertz CT molecular complexity index is 501. The lowest BCUT2D eigenvalue weighted by Crippen LogP contribution is -2.09. The summed E-state index contributed by atoms with van der Waals surface area (Å²) in [6.45, 7) is 1.02. The first-order valence-electron chi connectivity index (χ1n) is 4.50. The van der Waals surface area contributed by atoms with E-state index in [4.69, 9.17) is 0 Å². The second-order valence-electron chi connectivity index (χ2n) is 3.29. The Balaban J connectivity index is 3.58. The van der Waals surface area contributed by atoms with Crippen molar-refractivity contribution in [3.8, 4) is 5.75 Å². The zero-order chi connectivity index (χ0) is 14.3. The summed E-state index contributed by atoms with van der Waals surface area (Å²) in [5.74, 6) is -1.12. The molecule has 0 saturated heterocycles. The highest BCUT2D eigenvalue weighted by molar-refractivity contribution is 8.45. The average Bonchev–Trinajstić information content (AvgIpc) is 2.14. The number of rotatable bonds is 4. The summed E-state index contributed by atoms with van der Waals surface area (Å²) in [5.41, 5.74) is -1.08. The van der Waals surface area contributed by atoms with Gasteiger partial charge in [0.15, 0.2) is 4.90 Å². The average molecular weight is 293 g/mol. The minimum Gasteiger partial charge on any atom is -0.492 e. The van der Waals surface area contributed by atoms with Gasteiger partial charge in [0.2, 0.25) is 0 Å². The van der Waals surface area contributed by atoms with Crippen molar-refractivity contribution in [3.05, 3.63) is 28.3 Å². The van der Waals surface area contributed by atoms with E-state index in [1.807, 2.05) is 0 Å². The van der Waals surface area contributed by atoms with Crippen LogP contribution in [0.2, 0.25) is 0 Å². The molecule has 104 valence electrons. The molecule has 0 spiro atoms. The van der Waals surface area contributed by atoms with Crippen LogP contribution in [0.5, 0.6) is 5.75 Å². The Labute approximate surface area is 98.2 Å². The van der Waals surface area contributed by atoms with Crippen molar-refractivity contribution < 1.29 is 29.1 Å². The summed E-state index contributed by atoms with van der Waals surface area (Å²) in [4.78, 5) is 6.75. The predicted octanol–water partition coefficient (Wildman–Crippen LogP) is 4.65. The number of halogens is 5. The van der Waals surface area contributed by atoms with E-state index >= 15 is 0 Å². The second kappa shape index (κ2) is 3.46. The molecule has 0 unspecified atom stereocenters. The van der Waals surface area contributed by atoms with Crippen LogP contribution in [0, 0.1) is 10.1 Å². The SMILES string of the molecule is CCOc1ccc([N+](=O)[O-])cc1S(F)(F)(F)(F)F. The topological polar surface area (TPSA) is 52.4 Å². The first-order valence-corrected chi connectivity index (χ1v) is 6.45. The summed E-state index contributed by atoms with van der Waals surface area (Å²) < 4.78 is 67.8. The molecule has 0 N–H and O–H groups in total. The van der Waals surface area contributed by atoms with E-state index in [0.29, 0.717) is 12.1 Å². The van der Waals surface area contributed by atoms with Gasteiger partial charge in [-0.05, 0) is 13.0 Å². The van der Waals surface area contributed by atoms with Crippen molar-refractivity contribution in [3.63, 3.8) is 0 Å². The molecule has 0 fully saturated rings. The predicted molar refractivity (Wildman–Crippen MR) is 55.7 cm³/mol. The van der Waals surface area contributed by atoms with Crippen molar-refractivity contribution >= 4 is 15.9 Å². The van der Waals surface area contributed by atoms with Gasteiger partial charge in [-0.3, -0.25) is 10.1 Å². The molecule has 0 heterocycles. The molecule has 18 heavy (non-hydrogen) atoms. The number of hydrogen-bond donors (Lipinski definition) is 0. The van der Waals surface area contributed by atoms with Crippen LogP contribution in [-0.4, -0.2) is 11.5 Å². The molecule has 1 aromatic carbocycles. The fourth-order valence-electron chi connectivity index (χ4n) is 1.19. The van der Waals surface area contributed by atoms with E-state index in [2.05, 4.69) is 4.74 Å². The molecule has 0 atom stereocenters. The molecule has 0 aliphatic heterocycles. The lowest BCUT2D eigenvalue weighted by Gasteiger charge is -2.40. The van der Waals surface area contributed by atoms with Gasteiger partial charge in [0.05, 0.1) is 11.5 Å². The molecule has 0 aliphatic rings. The number of nitrogens with zero attached hydrogens (tertiary/aromatic N) is 1. The molecular weight excluding hydrogens is 285 g/mol. The molecule has 1 rings (SSSR count). The zero-order valence-corrected chi connectivity index (χ0v) is 9.73.